The Morgan fingerprint density at radius 2 is 1.68 bits per heavy atom. The van der Waals surface area contributed by atoms with Crippen molar-refractivity contribution in [3.05, 3.63) is 29.8 Å². The number of halogens is 3. The molecule has 0 saturated heterocycles. The Balaban J connectivity index is 3.16. The van der Waals surface area contributed by atoms with Crippen LogP contribution in [0.2, 0.25) is 0 Å². The standard InChI is InChI=1S/C14H18Cl3NO3S/c1-9(2)8-12(19)18-13(14(15,16)17)22(20,21)11-6-4-10(3)5-7-11/h4-7,9,13H,8H2,1-3H3,(H,18,19). The first-order valence-corrected chi connectivity index (χ1v) is 9.29. The fourth-order valence-electron chi connectivity index (χ4n) is 1.78. The topological polar surface area (TPSA) is 63.2 Å². The minimum atomic E-state index is -4.03. The summed E-state index contributed by atoms with van der Waals surface area (Å²) < 4.78 is 23.1. The molecule has 0 radical (unpaired) electrons. The van der Waals surface area contributed by atoms with Crippen LogP contribution in [0.15, 0.2) is 29.2 Å². The van der Waals surface area contributed by atoms with Crippen molar-refractivity contribution in [3.8, 4) is 0 Å². The highest BCUT2D eigenvalue weighted by molar-refractivity contribution is 7.92. The van der Waals surface area contributed by atoms with Gasteiger partial charge in [0.05, 0.1) is 4.90 Å². The lowest BCUT2D eigenvalue weighted by Gasteiger charge is -2.25. The maximum absolute atomic E-state index is 12.6. The van der Waals surface area contributed by atoms with Crippen molar-refractivity contribution in [3.63, 3.8) is 0 Å². The molecule has 1 aromatic carbocycles. The van der Waals surface area contributed by atoms with Crippen LogP contribution in [0.1, 0.15) is 25.8 Å². The van der Waals surface area contributed by atoms with E-state index in [-0.39, 0.29) is 17.2 Å². The van der Waals surface area contributed by atoms with Gasteiger partial charge in [0.1, 0.15) is 0 Å². The van der Waals surface area contributed by atoms with E-state index in [2.05, 4.69) is 5.32 Å². The number of nitrogens with one attached hydrogen (secondary N) is 1. The van der Waals surface area contributed by atoms with Crippen LogP contribution < -0.4 is 5.32 Å². The van der Waals surface area contributed by atoms with Gasteiger partial charge in [-0.05, 0) is 25.0 Å². The van der Waals surface area contributed by atoms with E-state index in [0.29, 0.717) is 0 Å². The van der Waals surface area contributed by atoms with Crippen LogP contribution in [-0.2, 0) is 14.6 Å². The summed E-state index contributed by atoms with van der Waals surface area (Å²) in [6.45, 7) is 5.49. The number of sulfone groups is 1. The van der Waals surface area contributed by atoms with Crippen LogP contribution in [0.3, 0.4) is 0 Å². The van der Waals surface area contributed by atoms with Gasteiger partial charge in [0.15, 0.2) is 5.37 Å². The quantitative estimate of drug-likeness (QED) is 0.786. The maximum Gasteiger partial charge on any atom is 0.225 e. The fraction of sp³-hybridized carbons (Fsp3) is 0.500. The minimum Gasteiger partial charge on any atom is -0.336 e. The Kier molecular flexibility index (Phi) is 6.57. The summed E-state index contributed by atoms with van der Waals surface area (Å²) in [5, 5.41) is 0.665. The van der Waals surface area contributed by atoms with E-state index < -0.39 is 24.9 Å². The van der Waals surface area contributed by atoms with Crippen LogP contribution in [0.5, 0.6) is 0 Å². The van der Waals surface area contributed by atoms with Crippen LogP contribution in [-0.4, -0.2) is 23.5 Å². The number of hydrogen-bond donors (Lipinski definition) is 1. The molecular weight excluding hydrogens is 369 g/mol. The van der Waals surface area contributed by atoms with Crippen LogP contribution >= 0.6 is 34.8 Å². The van der Waals surface area contributed by atoms with Crippen LogP contribution in [0.25, 0.3) is 0 Å². The van der Waals surface area contributed by atoms with Gasteiger partial charge in [-0.2, -0.15) is 0 Å². The van der Waals surface area contributed by atoms with E-state index in [1.165, 1.54) is 12.1 Å². The normalized spacial score (nSPS) is 14.0. The van der Waals surface area contributed by atoms with Gasteiger partial charge in [-0.15, -0.1) is 0 Å². The van der Waals surface area contributed by atoms with Crippen LogP contribution in [0, 0.1) is 12.8 Å². The zero-order valence-corrected chi connectivity index (χ0v) is 15.5. The van der Waals surface area contributed by atoms with E-state index in [1.807, 2.05) is 20.8 Å². The van der Waals surface area contributed by atoms with Crippen molar-refractivity contribution in [2.45, 2.75) is 41.3 Å². The highest BCUT2D eigenvalue weighted by Crippen LogP contribution is 2.36. The van der Waals surface area contributed by atoms with Gasteiger partial charge in [0.25, 0.3) is 0 Å². The number of rotatable bonds is 5. The summed E-state index contributed by atoms with van der Waals surface area (Å²) in [5.41, 5.74) is 0.897. The lowest BCUT2D eigenvalue weighted by Crippen LogP contribution is -2.49. The first-order chi connectivity index (χ1) is 9.94. The minimum absolute atomic E-state index is 0.0146. The summed E-state index contributed by atoms with van der Waals surface area (Å²) >= 11 is 17.3. The molecule has 8 heteroatoms. The molecule has 0 aliphatic rings. The zero-order valence-electron chi connectivity index (χ0n) is 12.4. The SMILES string of the molecule is Cc1ccc(S(=O)(=O)C(NC(=O)CC(C)C)C(Cl)(Cl)Cl)cc1. The number of hydrogen-bond acceptors (Lipinski definition) is 3. The lowest BCUT2D eigenvalue weighted by molar-refractivity contribution is -0.122. The average molecular weight is 387 g/mol. The first kappa shape index (κ1) is 19.6. The number of carbonyl (C=O) groups excluding carboxylic acids is 1. The molecule has 1 atom stereocenters. The number of aryl methyl sites for hydroxylation is 1. The van der Waals surface area contributed by atoms with Crippen molar-refractivity contribution < 1.29 is 13.2 Å². The predicted molar refractivity (Wildman–Crippen MR) is 90.0 cm³/mol. The highest BCUT2D eigenvalue weighted by Gasteiger charge is 2.44. The molecule has 0 spiro atoms. The Bertz CT molecular complexity index is 622. The molecule has 0 bridgehead atoms. The number of carbonyl (C=O) groups is 1. The van der Waals surface area contributed by atoms with Crippen LogP contribution in [0.4, 0.5) is 0 Å². The molecule has 22 heavy (non-hydrogen) atoms. The Labute approximate surface area is 146 Å². The summed E-state index contributed by atoms with van der Waals surface area (Å²) in [5.74, 6) is -0.430. The van der Waals surface area contributed by atoms with Gasteiger partial charge in [-0.1, -0.05) is 66.3 Å². The van der Waals surface area contributed by atoms with Gasteiger partial charge in [-0.3, -0.25) is 4.79 Å². The Morgan fingerprint density at radius 3 is 2.09 bits per heavy atom. The van der Waals surface area contributed by atoms with Crippen molar-refractivity contribution >= 4 is 50.5 Å². The van der Waals surface area contributed by atoms with E-state index >= 15 is 0 Å². The van der Waals surface area contributed by atoms with Crippen molar-refractivity contribution in [2.24, 2.45) is 5.92 Å². The van der Waals surface area contributed by atoms with Gasteiger partial charge in [-0.25, -0.2) is 8.42 Å². The smallest absolute Gasteiger partial charge is 0.225 e. The van der Waals surface area contributed by atoms with Crippen molar-refractivity contribution in [1.29, 1.82) is 0 Å². The Morgan fingerprint density at radius 1 is 1.18 bits per heavy atom. The van der Waals surface area contributed by atoms with E-state index in [4.69, 9.17) is 34.8 Å². The number of benzene rings is 1. The third kappa shape index (κ3) is 5.30. The number of alkyl halides is 3. The molecule has 0 fully saturated rings. The Hall–Kier alpha value is -0.490. The molecule has 0 aliphatic heterocycles. The summed E-state index contributed by atoms with van der Waals surface area (Å²) in [6, 6.07) is 6.11. The summed E-state index contributed by atoms with van der Waals surface area (Å²) in [7, 11) is -4.03. The molecule has 124 valence electrons. The molecule has 1 N–H and O–H groups in total. The van der Waals surface area contributed by atoms with Gasteiger partial charge in [0, 0.05) is 6.42 Å². The molecule has 0 heterocycles. The molecule has 0 saturated carbocycles. The lowest BCUT2D eigenvalue weighted by atomic mass is 10.1. The maximum atomic E-state index is 12.6. The molecular formula is C14H18Cl3NO3S. The molecule has 1 aromatic rings. The molecule has 4 nitrogen and oxygen atoms in total. The summed E-state index contributed by atoms with van der Waals surface area (Å²) in [4.78, 5) is 11.9. The van der Waals surface area contributed by atoms with Gasteiger partial charge in [0.2, 0.25) is 19.5 Å². The monoisotopic (exact) mass is 385 g/mol. The molecule has 1 amide bonds. The van der Waals surface area contributed by atoms with Gasteiger partial charge < -0.3 is 5.32 Å². The van der Waals surface area contributed by atoms with Crippen molar-refractivity contribution in [2.75, 3.05) is 0 Å². The third-order valence-electron chi connectivity index (χ3n) is 2.84. The molecule has 1 unspecified atom stereocenters. The number of amides is 1. The summed E-state index contributed by atoms with van der Waals surface area (Å²) in [6.07, 6.45) is 0.140. The molecule has 0 aromatic heterocycles. The fourth-order valence-corrected chi connectivity index (χ4v) is 4.42. The second-order valence-electron chi connectivity index (χ2n) is 5.45. The van der Waals surface area contributed by atoms with Gasteiger partial charge >= 0.3 is 0 Å². The second-order valence-corrected chi connectivity index (χ2v) is 9.85. The van der Waals surface area contributed by atoms with E-state index in [0.717, 1.165) is 5.56 Å². The zero-order chi connectivity index (χ0) is 17.1. The first-order valence-electron chi connectivity index (χ1n) is 6.61. The highest BCUT2D eigenvalue weighted by atomic mass is 35.6. The second kappa shape index (κ2) is 7.39. The molecule has 1 rings (SSSR count). The van der Waals surface area contributed by atoms with E-state index in [1.54, 1.807) is 12.1 Å². The van der Waals surface area contributed by atoms with E-state index in [9.17, 15) is 13.2 Å². The van der Waals surface area contributed by atoms with Crippen molar-refractivity contribution in [1.82, 2.24) is 5.32 Å². The largest absolute Gasteiger partial charge is 0.336 e. The average Bonchev–Trinajstić information content (AvgIpc) is 2.34. The molecule has 0 aliphatic carbocycles. The third-order valence-corrected chi connectivity index (χ3v) is 5.91. The predicted octanol–water partition coefficient (Wildman–Crippen LogP) is 3.63.